The van der Waals surface area contributed by atoms with Gasteiger partial charge in [-0.25, -0.2) is 9.97 Å². The van der Waals surface area contributed by atoms with Gasteiger partial charge >= 0.3 is 0 Å². The molecule has 0 fully saturated rings. The van der Waals surface area contributed by atoms with Gasteiger partial charge in [0.05, 0.1) is 18.3 Å². The summed E-state index contributed by atoms with van der Waals surface area (Å²) in [5.74, 6) is 1.75. The Morgan fingerprint density at radius 1 is 1.07 bits per heavy atom. The summed E-state index contributed by atoms with van der Waals surface area (Å²) < 4.78 is 4.28. The Balaban J connectivity index is 0.00000131. The molecule has 142 valence electrons. The first kappa shape index (κ1) is 21.2. The van der Waals surface area contributed by atoms with Gasteiger partial charge in [-0.05, 0) is 24.6 Å². The number of halogens is 3. The Kier molecular flexibility index (Phi) is 7.18. The molecule has 0 N–H and O–H groups in total. The first-order valence-electron chi connectivity index (χ1n) is 8.18. The van der Waals surface area contributed by atoms with Gasteiger partial charge in [0.15, 0.2) is 5.82 Å². The van der Waals surface area contributed by atoms with E-state index in [0.717, 1.165) is 41.3 Å². The van der Waals surface area contributed by atoms with Crippen molar-refractivity contribution in [2.45, 2.75) is 26.4 Å². The fourth-order valence-corrected chi connectivity index (χ4v) is 3.13. The normalized spacial score (nSPS) is 10.4. The third-order valence-corrected chi connectivity index (χ3v) is 4.29. The van der Waals surface area contributed by atoms with Crippen molar-refractivity contribution in [1.29, 1.82) is 0 Å². The molecule has 0 radical (unpaired) electrons. The van der Waals surface area contributed by atoms with Crippen molar-refractivity contribution >= 4 is 47.4 Å². The second-order valence-corrected chi connectivity index (χ2v) is 6.22. The average Bonchev–Trinajstić information content (AvgIpc) is 3.21. The van der Waals surface area contributed by atoms with Crippen LogP contribution in [0.15, 0.2) is 49.2 Å². The maximum Gasteiger partial charge on any atom is 0.159 e. The molecule has 4 aromatic heterocycles. The molecule has 4 heterocycles. The molecule has 0 saturated heterocycles. The largest absolute Gasteiger partial charge is 0.326 e. The minimum Gasteiger partial charge on any atom is -0.326 e. The molecule has 6 nitrogen and oxygen atoms in total. The van der Waals surface area contributed by atoms with E-state index in [1.165, 1.54) is 0 Å². The quantitative estimate of drug-likeness (QED) is 0.467. The number of aromatic nitrogens is 6. The molecule has 27 heavy (non-hydrogen) atoms. The third-order valence-electron chi connectivity index (χ3n) is 4.06. The molecule has 9 heteroatoms. The summed E-state index contributed by atoms with van der Waals surface area (Å²) in [6.45, 7) is 3.68. The van der Waals surface area contributed by atoms with E-state index in [4.69, 9.17) is 16.6 Å². The number of hydrogen-bond acceptors (Lipinski definition) is 4. The standard InChI is InChI=1S/C18H17ClN6.2ClH/c1-2-8-25-16-4-5-20-11-15(16)23-17(25)12-24-9-7-22-18(24)14-10-13(19)3-6-21-14;;/h3-7,9-11H,2,8,12H2,1H3;2*1H. The molecule has 0 spiro atoms. The lowest BCUT2D eigenvalue weighted by Crippen LogP contribution is -2.09. The van der Waals surface area contributed by atoms with Crippen LogP contribution in [-0.2, 0) is 13.1 Å². The van der Waals surface area contributed by atoms with E-state index in [9.17, 15) is 0 Å². The lowest BCUT2D eigenvalue weighted by atomic mass is 10.3. The molecule has 4 aromatic rings. The van der Waals surface area contributed by atoms with Gasteiger partial charge in [-0.1, -0.05) is 18.5 Å². The topological polar surface area (TPSA) is 61.4 Å². The van der Waals surface area contributed by atoms with Crippen LogP contribution in [0.5, 0.6) is 0 Å². The molecular weight excluding hydrogens is 407 g/mol. The summed E-state index contributed by atoms with van der Waals surface area (Å²) >= 11 is 6.09. The summed E-state index contributed by atoms with van der Waals surface area (Å²) in [7, 11) is 0. The number of rotatable bonds is 5. The molecule has 0 aromatic carbocycles. The van der Waals surface area contributed by atoms with Gasteiger partial charge in [0.2, 0.25) is 0 Å². The second-order valence-electron chi connectivity index (χ2n) is 5.78. The van der Waals surface area contributed by atoms with E-state index in [2.05, 4.69) is 26.4 Å². The molecule has 0 atom stereocenters. The number of imidazole rings is 2. The van der Waals surface area contributed by atoms with Crippen molar-refractivity contribution in [2.75, 3.05) is 0 Å². The fourth-order valence-electron chi connectivity index (χ4n) is 2.97. The molecule has 0 bridgehead atoms. The van der Waals surface area contributed by atoms with E-state index in [1.54, 1.807) is 30.9 Å². The van der Waals surface area contributed by atoms with Crippen molar-refractivity contribution in [3.63, 3.8) is 0 Å². The minimum atomic E-state index is 0. The van der Waals surface area contributed by atoms with E-state index in [-0.39, 0.29) is 24.8 Å². The summed E-state index contributed by atoms with van der Waals surface area (Å²) in [4.78, 5) is 17.8. The average molecular weight is 426 g/mol. The highest BCUT2D eigenvalue weighted by Gasteiger charge is 2.14. The van der Waals surface area contributed by atoms with Gasteiger partial charge in [-0.15, -0.1) is 24.8 Å². The molecular formula is C18H19Cl3N6. The zero-order valence-corrected chi connectivity index (χ0v) is 17.0. The molecule has 0 amide bonds. The van der Waals surface area contributed by atoms with Crippen LogP contribution in [0.1, 0.15) is 19.2 Å². The molecule has 0 aliphatic heterocycles. The van der Waals surface area contributed by atoms with Gasteiger partial charge in [0.1, 0.15) is 17.0 Å². The lowest BCUT2D eigenvalue weighted by Gasteiger charge is -2.10. The van der Waals surface area contributed by atoms with Crippen LogP contribution in [0, 0.1) is 0 Å². The van der Waals surface area contributed by atoms with Gasteiger partial charge in [0, 0.05) is 36.4 Å². The summed E-state index contributed by atoms with van der Waals surface area (Å²) in [6.07, 6.45) is 10.0. The second kappa shape index (κ2) is 9.17. The Bertz CT molecular complexity index is 1030. The van der Waals surface area contributed by atoms with Crippen LogP contribution in [0.3, 0.4) is 0 Å². The molecule has 4 rings (SSSR count). The summed E-state index contributed by atoms with van der Waals surface area (Å²) in [6, 6.07) is 5.58. The summed E-state index contributed by atoms with van der Waals surface area (Å²) in [5, 5.41) is 0.642. The third kappa shape index (κ3) is 4.24. The van der Waals surface area contributed by atoms with E-state index in [1.807, 2.05) is 22.9 Å². The SMILES string of the molecule is CCCn1c(Cn2ccnc2-c2cc(Cl)ccn2)nc2cnccc21.Cl.Cl. The molecule has 0 unspecified atom stereocenters. The summed E-state index contributed by atoms with van der Waals surface area (Å²) in [5.41, 5.74) is 2.76. The van der Waals surface area contributed by atoms with Crippen LogP contribution in [-0.4, -0.2) is 29.1 Å². The van der Waals surface area contributed by atoms with Gasteiger partial charge in [-0.3, -0.25) is 9.97 Å². The highest BCUT2D eigenvalue weighted by atomic mass is 35.5. The van der Waals surface area contributed by atoms with E-state index < -0.39 is 0 Å². The predicted octanol–water partition coefficient (Wildman–Crippen LogP) is 4.65. The number of aryl methyl sites for hydroxylation is 1. The predicted molar refractivity (Wildman–Crippen MR) is 112 cm³/mol. The van der Waals surface area contributed by atoms with Crippen LogP contribution in [0.25, 0.3) is 22.6 Å². The van der Waals surface area contributed by atoms with E-state index >= 15 is 0 Å². The van der Waals surface area contributed by atoms with Crippen LogP contribution < -0.4 is 0 Å². The molecule has 0 saturated carbocycles. The minimum absolute atomic E-state index is 0. The highest BCUT2D eigenvalue weighted by molar-refractivity contribution is 6.30. The number of hydrogen-bond donors (Lipinski definition) is 0. The van der Waals surface area contributed by atoms with Crippen molar-refractivity contribution < 1.29 is 0 Å². The van der Waals surface area contributed by atoms with Crippen molar-refractivity contribution in [2.24, 2.45) is 0 Å². The number of fused-ring (bicyclic) bond motifs is 1. The molecule has 0 aliphatic carbocycles. The lowest BCUT2D eigenvalue weighted by molar-refractivity contribution is 0.627. The zero-order chi connectivity index (χ0) is 17.2. The maximum absolute atomic E-state index is 6.09. The Labute approximate surface area is 174 Å². The van der Waals surface area contributed by atoms with Gasteiger partial charge in [0.25, 0.3) is 0 Å². The van der Waals surface area contributed by atoms with Crippen LogP contribution in [0.4, 0.5) is 0 Å². The Morgan fingerprint density at radius 2 is 1.93 bits per heavy atom. The Morgan fingerprint density at radius 3 is 2.70 bits per heavy atom. The monoisotopic (exact) mass is 424 g/mol. The Hall–Kier alpha value is -2.15. The van der Waals surface area contributed by atoms with Crippen LogP contribution >= 0.6 is 36.4 Å². The maximum atomic E-state index is 6.09. The number of nitrogens with zero attached hydrogens (tertiary/aromatic N) is 6. The van der Waals surface area contributed by atoms with Gasteiger partial charge in [-0.2, -0.15) is 0 Å². The fraction of sp³-hybridized carbons (Fsp3) is 0.222. The molecule has 0 aliphatic rings. The van der Waals surface area contributed by atoms with Crippen molar-refractivity contribution in [1.82, 2.24) is 29.1 Å². The van der Waals surface area contributed by atoms with Crippen molar-refractivity contribution in [3.05, 3.63) is 60.0 Å². The van der Waals surface area contributed by atoms with E-state index in [0.29, 0.717) is 11.6 Å². The number of pyridine rings is 2. The smallest absolute Gasteiger partial charge is 0.159 e. The van der Waals surface area contributed by atoms with Crippen LogP contribution in [0.2, 0.25) is 5.02 Å². The first-order chi connectivity index (χ1) is 12.3. The van der Waals surface area contributed by atoms with Crippen molar-refractivity contribution in [3.8, 4) is 11.5 Å². The zero-order valence-electron chi connectivity index (χ0n) is 14.6. The highest BCUT2D eigenvalue weighted by Crippen LogP contribution is 2.21. The first-order valence-corrected chi connectivity index (χ1v) is 8.56. The van der Waals surface area contributed by atoms with Gasteiger partial charge < -0.3 is 9.13 Å².